The molecule has 2 N–H and O–H groups in total. The van der Waals surface area contributed by atoms with E-state index in [0.717, 1.165) is 32.4 Å². The van der Waals surface area contributed by atoms with Gasteiger partial charge in [-0.3, -0.25) is 0 Å². The molecule has 1 aliphatic heterocycles. The molecule has 1 aliphatic rings. The lowest BCUT2D eigenvalue weighted by molar-refractivity contribution is 0.243. The average molecular weight is 263 g/mol. The van der Waals surface area contributed by atoms with E-state index in [0.29, 0.717) is 6.54 Å². The van der Waals surface area contributed by atoms with Gasteiger partial charge in [0.05, 0.1) is 0 Å². The van der Waals surface area contributed by atoms with Crippen LogP contribution in [0.4, 0.5) is 0 Å². The molecule has 0 amide bonds. The summed E-state index contributed by atoms with van der Waals surface area (Å²) in [6.45, 7) is 7.99. The molecule has 102 valence electrons. The fourth-order valence-electron chi connectivity index (χ4n) is 2.17. The van der Waals surface area contributed by atoms with Crippen molar-refractivity contribution >= 4 is 10.2 Å². The second-order valence-electron chi connectivity index (χ2n) is 4.85. The Bertz CT molecular complexity index is 317. The molecule has 0 radical (unpaired) electrons. The van der Waals surface area contributed by atoms with Crippen molar-refractivity contribution in [1.82, 2.24) is 14.3 Å². The lowest BCUT2D eigenvalue weighted by atomic mass is 10.1. The minimum Gasteiger partial charge on any atom is -0.315 e. The van der Waals surface area contributed by atoms with Crippen LogP contribution >= 0.6 is 0 Å². The summed E-state index contributed by atoms with van der Waals surface area (Å²) in [7, 11) is -3.32. The molecule has 5 nitrogen and oxygen atoms in total. The summed E-state index contributed by atoms with van der Waals surface area (Å²) in [5.74, 6) is 0. The molecule has 1 atom stereocenters. The molecule has 0 aromatic carbocycles. The van der Waals surface area contributed by atoms with E-state index in [9.17, 15) is 8.42 Å². The highest BCUT2D eigenvalue weighted by molar-refractivity contribution is 7.87. The predicted molar refractivity (Wildman–Crippen MR) is 70.1 cm³/mol. The monoisotopic (exact) mass is 263 g/mol. The van der Waals surface area contributed by atoms with E-state index in [4.69, 9.17) is 0 Å². The number of rotatable bonds is 6. The zero-order valence-corrected chi connectivity index (χ0v) is 11.9. The summed E-state index contributed by atoms with van der Waals surface area (Å²) in [5, 5.41) is 3.24. The van der Waals surface area contributed by atoms with Gasteiger partial charge >= 0.3 is 0 Å². The minimum absolute atomic E-state index is 0.0540. The Balaban J connectivity index is 2.69. The maximum atomic E-state index is 12.2. The Morgan fingerprint density at radius 1 is 1.35 bits per heavy atom. The normalized spacial score (nSPS) is 23.2. The first-order valence-corrected chi connectivity index (χ1v) is 7.91. The highest BCUT2D eigenvalue weighted by Gasteiger charge is 2.31. The standard InChI is InChI=1S/C11H25N3O2S/c1-4-12-9-11-7-5-6-8-14(11)17(15,16)13-10(2)3/h10-13H,4-9H2,1-3H3. The predicted octanol–water partition coefficient (Wildman–Crippen LogP) is 0.693. The Morgan fingerprint density at radius 2 is 2.06 bits per heavy atom. The van der Waals surface area contributed by atoms with Crippen molar-refractivity contribution in [3.8, 4) is 0 Å². The van der Waals surface area contributed by atoms with Crippen molar-refractivity contribution in [2.75, 3.05) is 19.6 Å². The number of nitrogens with one attached hydrogen (secondary N) is 2. The maximum Gasteiger partial charge on any atom is 0.279 e. The van der Waals surface area contributed by atoms with E-state index < -0.39 is 10.2 Å². The van der Waals surface area contributed by atoms with E-state index in [1.165, 1.54) is 0 Å². The lowest BCUT2D eigenvalue weighted by Gasteiger charge is -2.35. The van der Waals surface area contributed by atoms with Crippen molar-refractivity contribution in [2.45, 2.75) is 52.1 Å². The van der Waals surface area contributed by atoms with Crippen LogP contribution < -0.4 is 10.0 Å². The molecule has 1 rings (SSSR count). The molecule has 0 aromatic heterocycles. The third-order valence-electron chi connectivity index (χ3n) is 2.90. The number of hydrogen-bond acceptors (Lipinski definition) is 3. The lowest BCUT2D eigenvalue weighted by Crippen LogP contribution is -2.53. The SMILES string of the molecule is CCNCC1CCCCN1S(=O)(=O)NC(C)C. The molecule has 17 heavy (non-hydrogen) atoms. The van der Waals surface area contributed by atoms with Crippen molar-refractivity contribution < 1.29 is 8.42 Å². The fraction of sp³-hybridized carbons (Fsp3) is 1.00. The zero-order chi connectivity index (χ0) is 12.9. The van der Waals surface area contributed by atoms with E-state index in [-0.39, 0.29) is 12.1 Å². The zero-order valence-electron chi connectivity index (χ0n) is 11.1. The van der Waals surface area contributed by atoms with Gasteiger partial charge in [-0.05, 0) is 33.2 Å². The van der Waals surface area contributed by atoms with Crippen LogP contribution in [0.15, 0.2) is 0 Å². The second kappa shape index (κ2) is 6.68. The van der Waals surface area contributed by atoms with Crippen LogP contribution in [0, 0.1) is 0 Å². The van der Waals surface area contributed by atoms with Gasteiger partial charge in [-0.25, -0.2) is 0 Å². The van der Waals surface area contributed by atoms with Crippen LogP contribution in [0.25, 0.3) is 0 Å². The quantitative estimate of drug-likeness (QED) is 0.741. The Kier molecular flexibility index (Phi) is 5.85. The van der Waals surface area contributed by atoms with Crippen LogP contribution in [0.1, 0.15) is 40.0 Å². The second-order valence-corrected chi connectivity index (χ2v) is 6.50. The maximum absolute atomic E-state index is 12.2. The molecule has 0 aromatic rings. The Morgan fingerprint density at radius 3 is 2.65 bits per heavy atom. The van der Waals surface area contributed by atoms with Gasteiger partial charge in [-0.2, -0.15) is 17.4 Å². The smallest absolute Gasteiger partial charge is 0.279 e. The summed E-state index contributed by atoms with van der Waals surface area (Å²) in [6.07, 6.45) is 3.03. The first-order valence-electron chi connectivity index (χ1n) is 6.47. The molecule has 1 fully saturated rings. The van der Waals surface area contributed by atoms with Crippen molar-refractivity contribution in [2.24, 2.45) is 0 Å². The van der Waals surface area contributed by atoms with Gasteiger partial charge in [0.15, 0.2) is 0 Å². The Labute approximate surface area is 105 Å². The van der Waals surface area contributed by atoms with E-state index in [1.54, 1.807) is 4.31 Å². The van der Waals surface area contributed by atoms with Crippen molar-refractivity contribution in [1.29, 1.82) is 0 Å². The van der Waals surface area contributed by atoms with Gasteiger partial charge in [0.2, 0.25) is 0 Å². The summed E-state index contributed by atoms with van der Waals surface area (Å²) < 4.78 is 28.6. The average Bonchev–Trinajstić information content (AvgIpc) is 2.25. The highest BCUT2D eigenvalue weighted by Crippen LogP contribution is 2.19. The van der Waals surface area contributed by atoms with E-state index >= 15 is 0 Å². The van der Waals surface area contributed by atoms with Gasteiger partial charge < -0.3 is 5.32 Å². The molecular formula is C11H25N3O2S. The molecule has 0 bridgehead atoms. The molecule has 0 spiro atoms. The van der Waals surface area contributed by atoms with Gasteiger partial charge in [0.1, 0.15) is 0 Å². The summed E-state index contributed by atoms with van der Waals surface area (Å²) in [4.78, 5) is 0. The summed E-state index contributed by atoms with van der Waals surface area (Å²) in [6, 6.07) is 0.0432. The number of hydrogen-bond donors (Lipinski definition) is 2. The molecule has 6 heteroatoms. The highest BCUT2D eigenvalue weighted by atomic mass is 32.2. The third-order valence-corrected chi connectivity index (χ3v) is 4.76. The van der Waals surface area contributed by atoms with Gasteiger partial charge in [-0.1, -0.05) is 13.3 Å². The third kappa shape index (κ3) is 4.54. The molecule has 1 saturated heterocycles. The first-order chi connectivity index (χ1) is 7.97. The van der Waals surface area contributed by atoms with Gasteiger partial charge in [0, 0.05) is 25.2 Å². The molecule has 1 heterocycles. The van der Waals surface area contributed by atoms with Crippen LogP contribution in [0.5, 0.6) is 0 Å². The molecule has 0 saturated carbocycles. The van der Waals surface area contributed by atoms with Crippen LogP contribution in [-0.4, -0.2) is 44.4 Å². The van der Waals surface area contributed by atoms with Crippen molar-refractivity contribution in [3.05, 3.63) is 0 Å². The number of piperidine rings is 1. The van der Waals surface area contributed by atoms with Crippen LogP contribution in [0.3, 0.4) is 0 Å². The van der Waals surface area contributed by atoms with E-state index in [1.807, 2.05) is 20.8 Å². The summed E-state index contributed by atoms with van der Waals surface area (Å²) >= 11 is 0. The van der Waals surface area contributed by atoms with Gasteiger partial charge in [0.25, 0.3) is 10.2 Å². The summed E-state index contributed by atoms with van der Waals surface area (Å²) in [5.41, 5.74) is 0. The molecule has 1 unspecified atom stereocenters. The molecule has 0 aliphatic carbocycles. The first kappa shape index (κ1) is 14.9. The molecular weight excluding hydrogens is 238 g/mol. The largest absolute Gasteiger partial charge is 0.315 e. The number of nitrogens with zero attached hydrogens (tertiary/aromatic N) is 1. The Hall–Kier alpha value is -0.170. The van der Waals surface area contributed by atoms with E-state index in [2.05, 4.69) is 10.0 Å². The van der Waals surface area contributed by atoms with Crippen LogP contribution in [0.2, 0.25) is 0 Å². The fourth-order valence-corrected chi connectivity index (χ4v) is 3.84. The minimum atomic E-state index is -3.32. The van der Waals surface area contributed by atoms with Gasteiger partial charge in [-0.15, -0.1) is 0 Å². The number of likely N-dealkylation sites (N-methyl/N-ethyl adjacent to an activating group) is 1. The van der Waals surface area contributed by atoms with Crippen molar-refractivity contribution in [3.63, 3.8) is 0 Å². The van der Waals surface area contributed by atoms with Crippen LogP contribution in [-0.2, 0) is 10.2 Å². The topological polar surface area (TPSA) is 61.4 Å².